The van der Waals surface area contributed by atoms with E-state index in [0.717, 1.165) is 16.7 Å². The maximum absolute atomic E-state index is 11.4. The number of hydrogen-bond donors (Lipinski definition) is 1. The van der Waals surface area contributed by atoms with E-state index >= 15 is 0 Å². The van der Waals surface area contributed by atoms with Crippen molar-refractivity contribution in [2.75, 3.05) is 11.5 Å². The Kier molecular flexibility index (Phi) is 3.19. The highest BCUT2D eigenvalue weighted by molar-refractivity contribution is 8.14. The molecule has 0 unspecified atom stereocenters. The summed E-state index contributed by atoms with van der Waals surface area (Å²) in [4.78, 5) is 34.0. The van der Waals surface area contributed by atoms with Crippen LogP contribution in [0.5, 0.6) is 0 Å². The number of benzene rings is 1. The molecule has 1 saturated heterocycles. The number of anilines is 1. The number of carbonyl (C=O) groups is 2. The predicted octanol–water partition coefficient (Wildman–Crippen LogP) is 1.37. The molecule has 7 nitrogen and oxygen atoms in total. The van der Waals surface area contributed by atoms with Crippen molar-refractivity contribution in [1.82, 2.24) is 4.90 Å². The number of amides is 2. The minimum absolute atomic E-state index is 0.0139. The van der Waals surface area contributed by atoms with Gasteiger partial charge in [0.1, 0.15) is 5.69 Å². The second-order valence-electron chi connectivity index (χ2n) is 3.64. The molecule has 0 saturated carbocycles. The van der Waals surface area contributed by atoms with Gasteiger partial charge in [0.25, 0.3) is 10.9 Å². The van der Waals surface area contributed by atoms with Crippen LogP contribution in [0.3, 0.4) is 0 Å². The van der Waals surface area contributed by atoms with Crippen LogP contribution >= 0.6 is 11.8 Å². The predicted molar refractivity (Wildman–Crippen MR) is 65.9 cm³/mol. The first-order valence-electron chi connectivity index (χ1n) is 4.99. The van der Waals surface area contributed by atoms with E-state index in [-0.39, 0.29) is 34.8 Å². The average molecular weight is 267 g/mol. The van der Waals surface area contributed by atoms with Gasteiger partial charge in [-0.2, -0.15) is 0 Å². The highest BCUT2D eigenvalue weighted by Gasteiger charge is 2.30. The molecule has 18 heavy (non-hydrogen) atoms. The van der Waals surface area contributed by atoms with Gasteiger partial charge >= 0.3 is 0 Å². The topological polar surface area (TPSA) is 107 Å². The summed E-state index contributed by atoms with van der Waals surface area (Å²) in [6.07, 6.45) is 0. The first-order chi connectivity index (χ1) is 8.50. The van der Waals surface area contributed by atoms with Gasteiger partial charge in [-0.3, -0.25) is 24.6 Å². The Hall–Kier alpha value is -2.09. The van der Waals surface area contributed by atoms with Gasteiger partial charge in [0, 0.05) is 11.6 Å². The monoisotopic (exact) mass is 267 g/mol. The fourth-order valence-corrected chi connectivity index (χ4v) is 2.33. The molecule has 1 aromatic carbocycles. The lowest BCUT2D eigenvalue weighted by atomic mass is 10.1. The van der Waals surface area contributed by atoms with Crippen molar-refractivity contribution in [1.29, 1.82) is 0 Å². The fourth-order valence-electron chi connectivity index (χ4n) is 1.60. The Morgan fingerprint density at radius 1 is 1.44 bits per heavy atom. The Bertz CT molecular complexity index is 530. The average Bonchev–Trinajstić information content (AvgIpc) is 2.63. The van der Waals surface area contributed by atoms with Gasteiger partial charge in [0.05, 0.1) is 17.2 Å². The van der Waals surface area contributed by atoms with Crippen LogP contribution in [0.4, 0.5) is 16.2 Å². The summed E-state index contributed by atoms with van der Waals surface area (Å²) < 4.78 is 0. The number of para-hydroxylation sites is 1. The lowest BCUT2D eigenvalue weighted by molar-refractivity contribution is -0.384. The third-order valence-corrected chi connectivity index (χ3v) is 3.40. The van der Waals surface area contributed by atoms with Gasteiger partial charge in [0.2, 0.25) is 5.91 Å². The maximum Gasteiger partial charge on any atom is 0.292 e. The summed E-state index contributed by atoms with van der Waals surface area (Å²) in [5.74, 6) is -0.205. The number of nitrogen functional groups attached to an aromatic ring is 1. The van der Waals surface area contributed by atoms with Crippen molar-refractivity contribution in [3.05, 3.63) is 33.9 Å². The zero-order chi connectivity index (χ0) is 13.3. The van der Waals surface area contributed by atoms with Crippen molar-refractivity contribution in [2.24, 2.45) is 0 Å². The number of hydrogen-bond acceptors (Lipinski definition) is 6. The summed E-state index contributed by atoms with van der Waals surface area (Å²) in [6, 6.07) is 4.31. The number of carbonyl (C=O) groups excluding carboxylic acids is 2. The molecule has 2 N–H and O–H groups in total. The zero-order valence-corrected chi connectivity index (χ0v) is 9.98. The molecule has 0 atom stereocenters. The molecule has 2 rings (SSSR count). The summed E-state index contributed by atoms with van der Waals surface area (Å²) >= 11 is 0.912. The van der Waals surface area contributed by atoms with E-state index in [1.54, 1.807) is 6.07 Å². The van der Waals surface area contributed by atoms with Crippen molar-refractivity contribution in [3.63, 3.8) is 0 Å². The molecule has 0 aromatic heterocycles. The molecule has 0 bridgehead atoms. The number of nitro groups is 1. The Labute approximate surface area is 106 Å². The fraction of sp³-hybridized carbons (Fsp3) is 0.200. The van der Waals surface area contributed by atoms with Crippen LogP contribution in [0, 0.1) is 10.1 Å². The number of nitro benzene ring substituents is 1. The maximum atomic E-state index is 11.4. The molecule has 2 amide bonds. The highest BCUT2D eigenvalue weighted by Crippen LogP contribution is 2.28. The number of imide groups is 1. The third kappa shape index (κ3) is 2.14. The standard InChI is InChI=1S/C10H9N3O4S/c11-9-6(2-1-3-7(9)13(16)17)4-12-8(14)5-18-10(12)15/h1-3H,4-5,11H2. The largest absolute Gasteiger partial charge is 0.393 e. The van der Waals surface area contributed by atoms with E-state index in [1.807, 2.05) is 0 Å². The number of nitrogens with two attached hydrogens (primary N) is 1. The van der Waals surface area contributed by atoms with Crippen LogP contribution in [0.2, 0.25) is 0 Å². The summed E-state index contributed by atoms with van der Waals surface area (Å²) in [7, 11) is 0. The highest BCUT2D eigenvalue weighted by atomic mass is 32.2. The van der Waals surface area contributed by atoms with Crippen LogP contribution in [0.25, 0.3) is 0 Å². The first-order valence-corrected chi connectivity index (χ1v) is 5.98. The van der Waals surface area contributed by atoms with Crippen molar-refractivity contribution < 1.29 is 14.5 Å². The number of nitrogens with zero attached hydrogens (tertiary/aromatic N) is 2. The SMILES string of the molecule is Nc1c(CN2C(=O)CSC2=O)cccc1[N+](=O)[O-]. The second-order valence-corrected chi connectivity index (χ2v) is 4.57. The molecular weight excluding hydrogens is 258 g/mol. The molecular formula is C10H9N3O4S. The van der Waals surface area contributed by atoms with E-state index in [1.165, 1.54) is 12.1 Å². The van der Waals surface area contributed by atoms with E-state index in [2.05, 4.69) is 0 Å². The van der Waals surface area contributed by atoms with Crippen LogP contribution in [0.1, 0.15) is 5.56 Å². The van der Waals surface area contributed by atoms with Crippen LogP contribution < -0.4 is 5.73 Å². The van der Waals surface area contributed by atoms with Crippen molar-refractivity contribution in [2.45, 2.75) is 6.54 Å². The van der Waals surface area contributed by atoms with E-state index in [9.17, 15) is 19.7 Å². The van der Waals surface area contributed by atoms with E-state index < -0.39 is 4.92 Å². The van der Waals surface area contributed by atoms with E-state index in [0.29, 0.717) is 5.56 Å². The summed E-state index contributed by atoms with van der Waals surface area (Å²) in [5.41, 5.74) is 5.82. The molecule has 8 heteroatoms. The van der Waals surface area contributed by atoms with Crippen molar-refractivity contribution in [3.8, 4) is 0 Å². The Morgan fingerprint density at radius 3 is 2.72 bits per heavy atom. The quantitative estimate of drug-likeness (QED) is 0.503. The molecule has 0 aliphatic carbocycles. The first kappa shape index (κ1) is 12.4. The number of thioether (sulfide) groups is 1. The van der Waals surface area contributed by atoms with Gasteiger partial charge < -0.3 is 5.73 Å². The minimum Gasteiger partial charge on any atom is -0.393 e. The zero-order valence-electron chi connectivity index (χ0n) is 9.16. The summed E-state index contributed by atoms with van der Waals surface area (Å²) in [6.45, 7) is -0.0296. The number of rotatable bonds is 3. The lowest BCUT2D eigenvalue weighted by Gasteiger charge is -2.14. The smallest absolute Gasteiger partial charge is 0.292 e. The molecule has 1 aromatic rings. The second kappa shape index (κ2) is 4.65. The Balaban J connectivity index is 2.30. The van der Waals surface area contributed by atoms with Gasteiger partial charge in [-0.15, -0.1) is 0 Å². The molecule has 1 fully saturated rings. The lowest BCUT2D eigenvalue weighted by Crippen LogP contribution is -2.28. The van der Waals surface area contributed by atoms with Gasteiger partial charge in [-0.05, 0) is 0 Å². The molecule has 1 heterocycles. The minimum atomic E-state index is -0.596. The van der Waals surface area contributed by atoms with Crippen LogP contribution in [-0.2, 0) is 11.3 Å². The molecule has 94 valence electrons. The summed E-state index contributed by atoms with van der Waals surface area (Å²) in [5, 5.41) is 10.4. The van der Waals surface area contributed by atoms with Gasteiger partial charge in [0.15, 0.2) is 0 Å². The third-order valence-electron chi connectivity index (χ3n) is 2.54. The van der Waals surface area contributed by atoms with Crippen molar-refractivity contribution >= 4 is 34.3 Å². The van der Waals surface area contributed by atoms with Gasteiger partial charge in [-0.1, -0.05) is 23.9 Å². The molecule has 0 spiro atoms. The van der Waals surface area contributed by atoms with Crippen LogP contribution in [0.15, 0.2) is 18.2 Å². The van der Waals surface area contributed by atoms with Crippen LogP contribution in [-0.4, -0.2) is 26.7 Å². The molecule has 1 aliphatic rings. The van der Waals surface area contributed by atoms with Gasteiger partial charge in [-0.25, -0.2) is 0 Å². The normalized spacial score (nSPS) is 15.2. The van der Waals surface area contributed by atoms with E-state index in [4.69, 9.17) is 5.73 Å². The Morgan fingerprint density at radius 2 is 2.17 bits per heavy atom. The molecule has 0 radical (unpaired) electrons. The molecule has 1 aliphatic heterocycles.